The van der Waals surface area contributed by atoms with Gasteiger partial charge in [0.15, 0.2) is 5.96 Å². The standard InChI is InChI=1S/C53H90N14O11/c1-3-4-5-6-7-8-9-10-11-12-13-14-18-26-42(69)58-29-20-19-24-37(54)48(74)61-33-44(71)63-41-32-60-43(70)28-27-38(47(55)73)64-52(78)46(35(2)68)67-45(72)34-62-49(75)40(31-36-22-16-15-17-23-36)66-50(76)39(65-51(41)77)25-21-30-59-53(56)57/h15-17,22-23,35,37-41,46,68H,3-14,18-21,24-34,54H2,1-2H3,(H2,55,73)(H,58,69)(H,60,70)(H,61,74)(H,62,75)(H,63,71)(H,64,78)(H,65,77)(H,66,76)(H,67,72)(H4,56,57,59)/t35-,37+,38+,39+,40+,41+,46+/m1/s1. The maximum Gasteiger partial charge on any atom is 0.245 e. The van der Waals surface area contributed by atoms with Crippen LogP contribution in [0.25, 0.3) is 0 Å². The smallest absolute Gasteiger partial charge is 0.245 e. The second-order valence-electron chi connectivity index (χ2n) is 19.9. The number of nitrogens with two attached hydrogens (primary N) is 4. The molecule has 438 valence electrons. The number of amides is 10. The van der Waals surface area contributed by atoms with Crippen molar-refractivity contribution in [3.05, 3.63) is 35.9 Å². The molecular formula is C53H90N14O11. The molecule has 1 heterocycles. The minimum absolute atomic E-state index is 0.0238. The quantitative estimate of drug-likeness (QED) is 0.0236. The fourth-order valence-corrected chi connectivity index (χ4v) is 8.42. The SMILES string of the molecule is CCCCCCCCCCCCCCCC(=O)NCCCC[C@H](N)C(=O)NCC(=O)N[C@H]1CNC(=O)CC[C@@H](C(N)=O)NC(=O)[C@H]([C@@H](C)O)NC(=O)CNC(=O)[C@H](Cc2ccccc2)NC(=O)[C@H](CCCN=C(N)N)NC1=O. The number of aliphatic hydroxyl groups is 1. The van der Waals surface area contributed by atoms with Gasteiger partial charge in [-0.3, -0.25) is 52.9 Å². The number of rotatable bonds is 31. The average Bonchev–Trinajstić information content (AvgIpc) is 3.40. The van der Waals surface area contributed by atoms with Crippen molar-refractivity contribution in [2.45, 2.75) is 197 Å². The van der Waals surface area contributed by atoms with Crippen molar-refractivity contribution in [3.63, 3.8) is 0 Å². The molecule has 0 aliphatic carbocycles. The van der Waals surface area contributed by atoms with Gasteiger partial charge in [0.05, 0.1) is 25.2 Å². The highest BCUT2D eigenvalue weighted by Gasteiger charge is 2.33. The summed E-state index contributed by atoms with van der Waals surface area (Å²) in [6, 6.07) is -0.000389. The molecule has 18 N–H and O–H groups in total. The number of carbonyl (C=O) groups excluding carboxylic acids is 10. The summed E-state index contributed by atoms with van der Waals surface area (Å²) >= 11 is 0. The number of nitrogens with zero attached hydrogens (tertiary/aromatic N) is 1. The van der Waals surface area contributed by atoms with E-state index in [1.54, 1.807) is 30.3 Å². The normalized spacial score (nSPS) is 19.9. The Labute approximate surface area is 458 Å². The maximum atomic E-state index is 14.1. The van der Waals surface area contributed by atoms with Crippen molar-refractivity contribution in [1.82, 2.24) is 47.9 Å². The molecule has 0 aromatic heterocycles. The van der Waals surface area contributed by atoms with Gasteiger partial charge in [0.25, 0.3) is 0 Å². The van der Waals surface area contributed by atoms with E-state index < -0.39 is 122 Å². The fourth-order valence-electron chi connectivity index (χ4n) is 8.42. The molecule has 25 heteroatoms. The van der Waals surface area contributed by atoms with Crippen LogP contribution < -0.4 is 70.8 Å². The van der Waals surface area contributed by atoms with Gasteiger partial charge in [0, 0.05) is 38.9 Å². The van der Waals surface area contributed by atoms with E-state index in [1.807, 2.05) is 0 Å². The topological polar surface area (TPSA) is 416 Å². The molecule has 0 unspecified atom stereocenters. The number of unbranched alkanes of at least 4 members (excludes halogenated alkanes) is 13. The van der Waals surface area contributed by atoms with Crippen LogP contribution in [0.4, 0.5) is 0 Å². The molecule has 10 amide bonds. The predicted octanol–water partition coefficient (Wildman–Crippen LogP) is -1.19. The third kappa shape index (κ3) is 30.2. The van der Waals surface area contributed by atoms with E-state index in [0.717, 1.165) is 19.3 Å². The summed E-state index contributed by atoms with van der Waals surface area (Å²) in [5.74, 6) is -8.31. The van der Waals surface area contributed by atoms with Crippen molar-refractivity contribution in [2.24, 2.45) is 27.9 Å². The third-order valence-corrected chi connectivity index (χ3v) is 13.0. The number of primary amides is 1. The molecule has 1 aromatic rings. The van der Waals surface area contributed by atoms with Crippen molar-refractivity contribution in [1.29, 1.82) is 0 Å². The van der Waals surface area contributed by atoms with E-state index in [0.29, 0.717) is 31.4 Å². The van der Waals surface area contributed by atoms with Crippen LogP contribution in [-0.4, -0.2) is 145 Å². The highest BCUT2D eigenvalue weighted by atomic mass is 16.3. The molecular weight excluding hydrogens is 1010 g/mol. The van der Waals surface area contributed by atoms with Crippen molar-refractivity contribution >= 4 is 65.0 Å². The van der Waals surface area contributed by atoms with E-state index >= 15 is 0 Å². The van der Waals surface area contributed by atoms with Gasteiger partial charge < -0.3 is 75.9 Å². The number of hydrogen-bond donors (Lipinski definition) is 14. The zero-order valence-corrected chi connectivity index (χ0v) is 45.8. The van der Waals surface area contributed by atoms with E-state index in [2.05, 4.69) is 59.8 Å². The summed E-state index contributed by atoms with van der Waals surface area (Å²) in [7, 11) is 0. The van der Waals surface area contributed by atoms with Gasteiger partial charge in [-0.2, -0.15) is 0 Å². The second-order valence-corrected chi connectivity index (χ2v) is 19.9. The molecule has 0 saturated carbocycles. The van der Waals surface area contributed by atoms with Gasteiger partial charge in [-0.05, 0) is 57.4 Å². The molecule has 0 radical (unpaired) electrons. The Morgan fingerprint density at radius 2 is 1.32 bits per heavy atom. The number of benzene rings is 1. The van der Waals surface area contributed by atoms with E-state index in [9.17, 15) is 53.1 Å². The minimum Gasteiger partial charge on any atom is -0.391 e. The first-order chi connectivity index (χ1) is 37.3. The van der Waals surface area contributed by atoms with Crippen LogP contribution >= 0.6 is 0 Å². The Hall–Kier alpha value is -6.89. The van der Waals surface area contributed by atoms with E-state index in [-0.39, 0.29) is 50.5 Å². The number of carbonyl (C=O) groups is 10. The van der Waals surface area contributed by atoms with Crippen molar-refractivity contribution in [3.8, 4) is 0 Å². The van der Waals surface area contributed by atoms with Gasteiger partial charge >= 0.3 is 0 Å². The molecule has 1 aliphatic rings. The second kappa shape index (κ2) is 39.5. The fraction of sp³-hybridized carbons (Fsp3) is 0.679. The van der Waals surface area contributed by atoms with Gasteiger partial charge in [-0.15, -0.1) is 0 Å². The monoisotopic (exact) mass is 1100 g/mol. The van der Waals surface area contributed by atoms with Crippen LogP contribution in [0.1, 0.15) is 154 Å². The highest BCUT2D eigenvalue weighted by Crippen LogP contribution is 2.14. The molecule has 25 nitrogen and oxygen atoms in total. The van der Waals surface area contributed by atoms with Crippen molar-refractivity contribution < 1.29 is 53.1 Å². The summed E-state index contributed by atoms with van der Waals surface area (Å²) in [6.45, 7) is 1.89. The lowest BCUT2D eigenvalue weighted by Crippen LogP contribution is -2.60. The summed E-state index contributed by atoms with van der Waals surface area (Å²) in [5.41, 5.74) is 23.2. The Morgan fingerprint density at radius 1 is 0.692 bits per heavy atom. The average molecular weight is 1100 g/mol. The number of guanidine groups is 1. The largest absolute Gasteiger partial charge is 0.391 e. The number of nitrogens with one attached hydrogen (secondary N) is 9. The lowest BCUT2D eigenvalue weighted by atomic mass is 10.0. The van der Waals surface area contributed by atoms with E-state index in [4.69, 9.17) is 22.9 Å². The molecule has 1 aliphatic heterocycles. The molecule has 0 bridgehead atoms. The molecule has 7 atom stereocenters. The van der Waals surface area contributed by atoms with Crippen LogP contribution in [0, 0.1) is 0 Å². The first kappa shape index (κ1) is 67.2. The van der Waals surface area contributed by atoms with Gasteiger partial charge in [-0.25, -0.2) is 0 Å². The molecule has 0 spiro atoms. The van der Waals surface area contributed by atoms with Crippen LogP contribution in [-0.2, 0) is 54.4 Å². The van der Waals surface area contributed by atoms with Crippen LogP contribution in [0.2, 0.25) is 0 Å². The van der Waals surface area contributed by atoms with Gasteiger partial charge in [-0.1, -0.05) is 114 Å². The zero-order chi connectivity index (χ0) is 57.7. The summed E-state index contributed by atoms with van der Waals surface area (Å²) < 4.78 is 0. The molecule has 78 heavy (non-hydrogen) atoms. The molecule has 1 fully saturated rings. The minimum atomic E-state index is -1.64. The highest BCUT2D eigenvalue weighted by molar-refractivity contribution is 5.97. The lowest BCUT2D eigenvalue weighted by Gasteiger charge is -2.26. The van der Waals surface area contributed by atoms with Crippen molar-refractivity contribution in [2.75, 3.05) is 32.7 Å². The molecule has 1 aromatic carbocycles. The maximum absolute atomic E-state index is 14.1. The number of hydrogen-bond acceptors (Lipinski definition) is 13. The number of aliphatic imine (C=N–C) groups is 1. The van der Waals surface area contributed by atoms with Crippen LogP contribution in [0.15, 0.2) is 35.3 Å². The van der Waals surface area contributed by atoms with Crippen LogP contribution in [0.5, 0.6) is 0 Å². The van der Waals surface area contributed by atoms with Gasteiger partial charge in [0.1, 0.15) is 30.2 Å². The Kier molecular flexibility index (Phi) is 34.0. The first-order valence-electron chi connectivity index (χ1n) is 27.7. The lowest BCUT2D eigenvalue weighted by molar-refractivity contribution is -0.135. The molecule has 1 saturated heterocycles. The van der Waals surface area contributed by atoms with Crippen LogP contribution in [0.3, 0.4) is 0 Å². The summed E-state index contributed by atoms with van der Waals surface area (Å²) in [5, 5.41) is 32.9. The predicted molar refractivity (Wildman–Crippen MR) is 294 cm³/mol. The Balaban J connectivity index is 2.13. The molecule has 2 rings (SSSR count). The third-order valence-electron chi connectivity index (χ3n) is 13.0. The summed E-state index contributed by atoms with van der Waals surface area (Å²) in [4.78, 5) is 136. The first-order valence-corrected chi connectivity index (χ1v) is 27.7. The number of aliphatic hydroxyl groups excluding tert-OH is 1. The van der Waals surface area contributed by atoms with E-state index in [1.165, 1.54) is 71.1 Å². The Bertz CT molecular complexity index is 2080. The summed E-state index contributed by atoms with van der Waals surface area (Å²) in [6.07, 6.45) is 15.2. The van der Waals surface area contributed by atoms with Gasteiger partial charge in [0.2, 0.25) is 59.1 Å². The Morgan fingerprint density at radius 3 is 1.94 bits per heavy atom. The zero-order valence-electron chi connectivity index (χ0n) is 45.8.